The highest BCUT2D eigenvalue weighted by molar-refractivity contribution is 9.11. The van der Waals surface area contributed by atoms with E-state index in [0.717, 1.165) is 9.35 Å². The van der Waals surface area contributed by atoms with E-state index < -0.39 is 0 Å². The number of thiophene rings is 1. The van der Waals surface area contributed by atoms with E-state index in [1.165, 1.54) is 5.56 Å². The molecule has 0 saturated carbocycles. The lowest BCUT2D eigenvalue weighted by Gasteiger charge is -2.20. The molecule has 0 unspecified atom stereocenters. The van der Waals surface area contributed by atoms with Gasteiger partial charge in [0.2, 0.25) is 0 Å². The summed E-state index contributed by atoms with van der Waals surface area (Å²) in [6.45, 7) is 5.55. The van der Waals surface area contributed by atoms with Crippen LogP contribution < -0.4 is 10.2 Å². The smallest absolute Gasteiger partial charge is 0.146 e. The summed E-state index contributed by atoms with van der Waals surface area (Å²) in [7, 11) is 1.91. The minimum absolute atomic E-state index is 0.171. The number of rotatable bonds is 6. The average molecular weight is 371 g/mol. The summed E-state index contributed by atoms with van der Waals surface area (Å²) in [6.07, 6.45) is 0. The second kappa shape index (κ2) is 7.38. The number of nitrogens with one attached hydrogen (secondary N) is 1. The molecule has 1 heterocycles. The highest BCUT2D eigenvalue weighted by Crippen LogP contribution is 2.25. The summed E-state index contributed by atoms with van der Waals surface area (Å²) in [4.78, 5) is 1.93. The van der Waals surface area contributed by atoms with E-state index in [-0.39, 0.29) is 5.82 Å². The van der Waals surface area contributed by atoms with Gasteiger partial charge in [-0.3, -0.25) is 0 Å². The maximum Gasteiger partial charge on any atom is 0.146 e. The monoisotopic (exact) mass is 370 g/mol. The molecule has 0 bridgehead atoms. The molecule has 0 aliphatic carbocycles. The van der Waals surface area contributed by atoms with Gasteiger partial charge in [-0.1, -0.05) is 19.9 Å². The molecule has 114 valence electrons. The fourth-order valence-corrected chi connectivity index (χ4v) is 3.28. The minimum atomic E-state index is -0.171. The molecule has 0 atom stereocenters. The molecule has 0 fully saturated rings. The molecule has 1 N–H and O–H groups in total. The second-order valence-electron chi connectivity index (χ2n) is 5.44. The summed E-state index contributed by atoms with van der Waals surface area (Å²) in [5, 5.41) is 5.38. The highest BCUT2D eigenvalue weighted by atomic mass is 79.9. The Kier molecular flexibility index (Phi) is 5.79. The minimum Gasteiger partial charge on any atom is -0.368 e. The molecule has 2 aromatic rings. The topological polar surface area (TPSA) is 15.3 Å². The van der Waals surface area contributed by atoms with Gasteiger partial charge in [-0.15, -0.1) is 11.3 Å². The fourth-order valence-electron chi connectivity index (χ4n) is 2.08. The van der Waals surface area contributed by atoms with Gasteiger partial charge in [0.05, 0.1) is 9.47 Å². The average Bonchev–Trinajstić information content (AvgIpc) is 2.81. The van der Waals surface area contributed by atoms with Gasteiger partial charge in [-0.2, -0.15) is 0 Å². The largest absolute Gasteiger partial charge is 0.368 e. The summed E-state index contributed by atoms with van der Waals surface area (Å²) >= 11 is 5.10. The predicted octanol–water partition coefficient (Wildman–Crippen LogP) is 4.78. The van der Waals surface area contributed by atoms with E-state index in [1.807, 2.05) is 24.1 Å². The molecule has 0 radical (unpaired) electrons. The zero-order valence-corrected chi connectivity index (χ0v) is 14.9. The van der Waals surface area contributed by atoms with E-state index >= 15 is 0 Å². The molecule has 5 heteroatoms. The van der Waals surface area contributed by atoms with E-state index in [0.29, 0.717) is 24.8 Å². The molecule has 2 nitrogen and oxygen atoms in total. The Hall–Kier alpha value is -0.910. The van der Waals surface area contributed by atoms with Gasteiger partial charge in [-0.05, 0) is 50.6 Å². The molecule has 21 heavy (non-hydrogen) atoms. The van der Waals surface area contributed by atoms with Crippen molar-refractivity contribution in [3.05, 3.63) is 50.4 Å². The van der Waals surface area contributed by atoms with Crippen molar-refractivity contribution in [3.63, 3.8) is 0 Å². The third-order valence-electron chi connectivity index (χ3n) is 3.18. The zero-order valence-electron chi connectivity index (χ0n) is 12.5. The Morgan fingerprint density at radius 3 is 2.62 bits per heavy atom. The van der Waals surface area contributed by atoms with Gasteiger partial charge in [-0.25, -0.2) is 4.39 Å². The maximum absolute atomic E-state index is 14.3. The van der Waals surface area contributed by atoms with Crippen molar-refractivity contribution in [3.8, 4) is 0 Å². The number of halogens is 2. The first kappa shape index (κ1) is 16.5. The molecule has 1 aromatic heterocycles. The van der Waals surface area contributed by atoms with Crippen molar-refractivity contribution in [2.75, 3.05) is 11.9 Å². The normalized spacial score (nSPS) is 11.1. The first-order chi connectivity index (χ1) is 9.95. The van der Waals surface area contributed by atoms with Gasteiger partial charge in [0.25, 0.3) is 0 Å². The second-order valence-corrected chi connectivity index (χ2v) is 7.73. The van der Waals surface area contributed by atoms with Crippen LogP contribution in [0.25, 0.3) is 0 Å². The standard InChI is InChI=1S/C16H20BrFN2S/c1-11(2)19-8-12-4-5-15(14(18)6-12)20(3)9-13-7-16(17)21-10-13/h4-7,10-11,19H,8-9H2,1-3H3. The molecule has 0 aliphatic heterocycles. The lowest BCUT2D eigenvalue weighted by molar-refractivity contribution is 0.580. The van der Waals surface area contributed by atoms with Crippen molar-refractivity contribution in [1.29, 1.82) is 0 Å². The van der Waals surface area contributed by atoms with Crippen LogP contribution in [-0.4, -0.2) is 13.1 Å². The Morgan fingerprint density at radius 1 is 1.29 bits per heavy atom. The lowest BCUT2D eigenvalue weighted by Crippen LogP contribution is -2.22. The quantitative estimate of drug-likeness (QED) is 0.786. The van der Waals surface area contributed by atoms with E-state index in [1.54, 1.807) is 17.4 Å². The van der Waals surface area contributed by atoms with Gasteiger partial charge in [0.15, 0.2) is 0 Å². The SMILES string of the molecule is CC(C)NCc1ccc(N(C)Cc2csc(Br)c2)c(F)c1. The molecule has 0 amide bonds. The van der Waals surface area contributed by atoms with E-state index in [2.05, 4.69) is 46.5 Å². The number of benzene rings is 1. The molecular formula is C16H20BrFN2S. The number of nitrogens with zero attached hydrogens (tertiary/aromatic N) is 1. The van der Waals surface area contributed by atoms with Crippen molar-refractivity contribution in [2.45, 2.75) is 33.0 Å². The van der Waals surface area contributed by atoms with Crippen molar-refractivity contribution in [1.82, 2.24) is 5.32 Å². The third kappa shape index (κ3) is 4.80. The molecular weight excluding hydrogens is 351 g/mol. The zero-order chi connectivity index (χ0) is 15.4. The Morgan fingerprint density at radius 2 is 2.05 bits per heavy atom. The molecule has 2 rings (SSSR count). The van der Waals surface area contributed by atoms with Gasteiger partial charge in [0, 0.05) is 26.2 Å². The summed E-state index contributed by atoms with van der Waals surface area (Å²) < 4.78 is 15.4. The van der Waals surface area contributed by atoms with Crippen LogP contribution in [0.5, 0.6) is 0 Å². The van der Waals surface area contributed by atoms with Gasteiger partial charge >= 0.3 is 0 Å². The molecule has 1 aromatic carbocycles. The number of hydrogen-bond acceptors (Lipinski definition) is 3. The Balaban J connectivity index is 2.05. The summed E-state index contributed by atoms with van der Waals surface area (Å²) in [5.74, 6) is -0.171. The molecule has 0 saturated heterocycles. The number of hydrogen-bond donors (Lipinski definition) is 1. The summed E-state index contributed by atoms with van der Waals surface area (Å²) in [6, 6.07) is 7.92. The third-order valence-corrected chi connectivity index (χ3v) is 4.73. The van der Waals surface area contributed by atoms with E-state index in [4.69, 9.17) is 0 Å². The Labute approximate surface area is 138 Å². The van der Waals surface area contributed by atoms with Crippen molar-refractivity contribution in [2.24, 2.45) is 0 Å². The van der Waals surface area contributed by atoms with Crippen LogP contribution in [0.15, 0.2) is 33.4 Å². The maximum atomic E-state index is 14.3. The first-order valence-corrected chi connectivity index (χ1v) is 8.59. The van der Waals surface area contributed by atoms with E-state index in [9.17, 15) is 4.39 Å². The number of anilines is 1. The van der Waals surface area contributed by atoms with Gasteiger partial charge < -0.3 is 10.2 Å². The summed E-state index contributed by atoms with van der Waals surface area (Å²) in [5.41, 5.74) is 2.78. The van der Waals surface area contributed by atoms with Crippen LogP contribution in [0.4, 0.5) is 10.1 Å². The Bertz CT molecular complexity index is 598. The van der Waals surface area contributed by atoms with Crippen LogP contribution >= 0.6 is 27.3 Å². The van der Waals surface area contributed by atoms with Crippen LogP contribution in [0.1, 0.15) is 25.0 Å². The van der Waals surface area contributed by atoms with Crippen LogP contribution in [0, 0.1) is 5.82 Å². The van der Waals surface area contributed by atoms with Crippen LogP contribution in [0.3, 0.4) is 0 Å². The molecule has 0 spiro atoms. The highest BCUT2D eigenvalue weighted by Gasteiger charge is 2.10. The van der Waals surface area contributed by atoms with Crippen molar-refractivity contribution < 1.29 is 4.39 Å². The van der Waals surface area contributed by atoms with Crippen LogP contribution in [0.2, 0.25) is 0 Å². The van der Waals surface area contributed by atoms with Crippen molar-refractivity contribution >= 4 is 33.0 Å². The molecule has 0 aliphatic rings. The van der Waals surface area contributed by atoms with Crippen LogP contribution in [-0.2, 0) is 13.1 Å². The first-order valence-electron chi connectivity index (χ1n) is 6.91. The fraction of sp³-hybridized carbons (Fsp3) is 0.375. The van der Waals surface area contributed by atoms with Gasteiger partial charge in [0.1, 0.15) is 5.82 Å². The predicted molar refractivity (Wildman–Crippen MR) is 92.5 cm³/mol. The lowest BCUT2D eigenvalue weighted by atomic mass is 10.1.